The molecule has 1 saturated heterocycles. The number of hydrogen-bond donors (Lipinski definition) is 1. The number of methoxy groups -OCH3 is 2. The van der Waals surface area contributed by atoms with E-state index in [1.54, 1.807) is 19.1 Å². The van der Waals surface area contributed by atoms with Gasteiger partial charge in [0.1, 0.15) is 11.8 Å². The molecule has 0 aliphatic carbocycles. The Morgan fingerprint density at radius 2 is 2.00 bits per heavy atom. The van der Waals surface area contributed by atoms with Gasteiger partial charge in [-0.15, -0.1) is 0 Å². The fourth-order valence-corrected chi connectivity index (χ4v) is 2.92. The zero-order valence-corrected chi connectivity index (χ0v) is 14.4. The minimum atomic E-state index is -0.584. The molecule has 2 rings (SSSR count). The van der Waals surface area contributed by atoms with Crippen LogP contribution in [0, 0.1) is 0 Å². The molecule has 1 heterocycles. The van der Waals surface area contributed by atoms with E-state index in [1.165, 1.54) is 0 Å². The van der Waals surface area contributed by atoms with Crippen LogP contribution < -0.4 is 10.5 Å². The van der Waals surface area contributed by atoms with Gasteiger partial charge in [0.25, 0.3) is 0 Å². The Labute approximate surface area is 142 Å². The second-order valence-corrected chi connectivity index (χ2v) is 6.06. The lowest BCUT2D eigenvalue weighted by Crippen LogP contribution is -2.53. The molecule has 0 aromatic heterocycles. The summed E-state index contributed by atoms with van der Waals surface area (Å²) in [7, 11) is 3.20. The molecule has 23 heavy (non-hydrogen) atoms. The molecular formula is C16H24ClN3O3. The third-order valence-electron chi connectivity index (χ3n) is 3.98. The number of amides is 1. The SMILES string of the molecule is COCC(N)C(=O)N1CCN(Cc2cc(Cl)ccc2OC)CC1. The zero-order valence-electron chi connectivity index (χ0n) is 13.6. The van der Waals surface area contributed by atoms with Crippen molar-refractivity contribution in [2.45, 2.75) is 12.6 Å². The van der Waals surface area contributed by atoms with Gasteiger partial charge in [-0.1, -0.05) is 11.6 Å². The fraction of sp³-hybridized carbons (Fsp3) is 0.562. The van der Waals surface area contributed by atoms with Crippen LogP contribution in [-0.4, -0.2) is 68.8 Å². The molecule has 1 aromatic rings. The Morgan fingerprint density at radius 1 is 1.30 bits per heavy atom. The highest BCUT2D eigenvalue weighted by molar-refractivity contribution is 6.30. The zero-order chi connectivity index (χ0) is 16.8. The van der Waals surface area contributed by atoms with Gasteiger partial charge in [-0.25, -0.2) is 0 Å². The van der Waals surface area contributed by atoms with E-state index in [9.17, 15) is 4.79 Å². The van der Waals surface area contributed by atoms with Crippen LogP contribution in [0.4, 0.5) is 0 Å². The summed E-state index contributed by atoms with van der Waals surface area (Å²) in [6.07, 6.45) is 0. The fourth-order valence-electron chi connectivity index (χ4n) is 2.72. The third kappa shape index (κ3) is 4.81. The van der Waals surface area contributed by atoms with E-state index in [-0.39, 0.29) is 12.5 Å². The van der Waals surface area contributed by atoms with E-state index in [0.29, 0.717) is 18.1 Å². The topological polar surface area (TPSA) is 68.0 Å². The lowest BCUT2D eigenvalue weighted by molar-refractivity contribution is -0.135. The number of rotatable bonds is 6. The maximum Gasteiger partial charge on any atom is 0.241 e. The minimum absolute atomic E-state index is 0.0492. The van der Waals surface area contributed by atoms with Crippen LogP contribution in [-0.2, 0) is 16.1 Å². The van der Waals surface area contributed by atoms with Gasteiger partial charge in [0, 0.05) is 50.4 Å². The number of hydrogen-bond acceptors (Lipinski definition) is 5. The van der Waals surface area contributed by atoms with Crippen molar-refractivity contribution in [2.75, 3.05) is 47.0 Å². The summed E-state index contributed by atoms with van der Waals surface area (Å²) < 4.78 is 10.3. The molecule has 7 heteroatoms. The first-order valence-electron chi connectivity index (χ1n) is 7.63. The standard InChI is InChI=1S/C16H24ClN3O3/c1-22-11-14(18)16(21)20-7-5-19(6-8-20)10-12-9-13(17)3-4-15(12)23-2/h3-4,9,14H,5-8,10-11,18H2,1-2H3. The Kier molecular flexibility index (Phi) is 6.65. The molecule has 1 atom stereocenters. The first kappa shape index (κ1) is 18.0. The summed E-state index contributed by atoms with van der Waals surface area (Å²) in [4.78, 5) is 16.2. The van der Waals surface area contributed by atoms with Crippen molar-refractivity contribution >= 4 is 17.5 Å². The number of nitrogens with two attached hydrogens (primary N) is 1. The predicted octanol–water partition coefficient (Wildman–Crippen LogP) is 0.967. The quantitative estimate of drug-likeness (QED) is 0.835. The first-order chi connectivity index (χ1) is 11.0. The molecule has 0 bridgehead atoms. The molecule has 6 nitrogen and oxygen atoms in total. The second kappa shape index (κ2) is 8.49. The summed E-state index contributed by atoms with van der Waals surface area (Å²) in [5.41, 5.74) is 6.86. The largest absolute Gasteiger partial charge is 0.496 e. The molecule has 1 unspecified atom stereocenters. The molecule has 1 aromatic carbocycles. The Hall–Kier alpha value is -1.34. The molecule has 1 aliphatic heterocycles. The summed E-state index contributed by atoms with van der Waals surface area (Å²) in [5, 5.41) is 0.695. The van der Waals surface area contributed by atoms with Gasteiger partial charge in [-0.3, -0.25) is 9.69 Å². The van der Waals surface area contributed by atoms with Crippen molar-refractivity contribution < 1.29 is 14.3 Å². The highest BCUT2D eigenvalue weighted by atomic mass is 35.5. The van der Waals surface area contributed by atoms with Crippen molar-refractivity contribution in [1.82, 2.24) is 9.80 Å². The summed E-state index contributed by atoms with van der Waals surface area (Å²) in [5.74, 6) is 0.779. The molecule has 128 valence electrons. The molecule has 0 saturated carbocycles. The number of benzene rings is 1. The van der Waals surface area contributed by atoms with E-state index in [0.717, 1.165) is 30.9 Å². The van der Waals surface area contributed by atoms with Crippen LogP contribution in [0.15, 0.2) is 18.2 Å². The molecule has 0 spiro atoms. The van der Waals surface area contributed by atoms with Gasteiger partial charge in [0.15, 0.2) is 0 Å². The maximum absolute atomic E-state index is 12.2. The van der Waals surface area contributed by atoms with E-state index in [4.69, 9.17) is 26.8 Å². The van der Waals surface area contributed by atoms with Gasteiger partial charge in [0.05, 0.1) is 13.7 Å². The van der Waals surface area contributed by atoms with Crippen molar-refractivity contribution in [3.63, 3.8) is 0 Å². The number of carbonyl (C=O) groups is 1. The molecule has 1 amide bonds. The van der Waals surface area contributed by atoms with E-state index in [2.05, 4.69) is 4.90 Å². The smallest absolute Gasteiger partial charge is 0.241 e. The summed E-state index contributed by atoms with van der Waals surface area (Å²) >= 11 is 6.07. The average Bonchev–Trinajstić information content (AvgIpc) is 2.55. The highest BCUT2D eigenvalue weighted by Gasteiger charge is 2.25. The number of piperazine rings is 1. The Morgan fingerprint density at radius 3 is 2.61 bits per heavy atom. The van der Waals surface area contributed by atoms with Gasteiger partial charge in [-0.05, 0) is 18.2 Å². The van der Waals surface area contributed by atoms with Crippen molar-refractivity contribution in [3.8, 4) is 5.75 Å². The van der Waals surface area contributed by atoms with E-state index in [1.807, 2.05) is 18.2 Å². The molecule has 2 N–H and O–H groups in total. The van der Waals surface area contributed by atoms with Gasteiger partial charge < -0.3 is 20.1 Å². The average molecular weight is 342 g/mol. The number of ether oxygens (including phenoxy) is 2. The number of nitrogens with zero attached hydrogens (tertiary/aromatic N) is 2. The molecular weight excluding hydrogens is 318 g/mol. The van der Waals surface area contributed by atoms with Crippen LogP contribution in [0.2, 0.25) is 5.02 Å². The van der Waals surface area contributed by atoms with Crippen LogP contribution in [0.1, 0.15) is 5.56 Å². The normalized spacial score (nSPS) is 17.1. The molecule has 1 fully saturated rings. The number of halogens is 1. The van der Waals surface area contributed by atoms with Crippen LogP contribution in [0.3, 0.4) is 0 Å². The van der Waals surface area contributed by atoms with Crippen LogP contribution in [0.5, 0.6) is 5.75 Å². The van der Waals surface area contributed by atoms with Crippen molar-refractivity contribution in [3.05, 3.63) is 28.8 Å². The highest BCUT2D eigenvalue weighted by Crippen LogP contribution is 2.24. The van der Waals surface area contributed by atoms with Crippen LogP contribution >= 0.6 is 11.6 Å². The molecule has 0 radical (unpaired) electrons. The monoisotopic (exact) mass is 341 g/mol. The molecule has 1 aliphatic rings. The van der Waals surface area contributed by atoms with E-state index >= 15 is 0 Å². The predicted molar refractivity (Wildman–Crippen MR) is 89.7 cm³/mol. The summed E-state index contributed by atoms with van der Waals surface area (Å²) in [6, 6.07) is 5.03. The Balaban J connectivity index is 1.90. The van der Waals surface area contributed by atoms with Gasteiger partial charge in [-0.2, -0.15) is 0 Å². The van der Waals surface area contributed by atoms with Crippen LogP contribution in [0.25, 0.3) is 0 Å². The lowest BCUT2D eigenvalue weighted by atomic mass is 10.1. The van der Waals surface area contributed by atoms with Crippen molar-refractivity contribution in [1.29, 1.82) is 0 Å². The van der Waals surface area contributed by atoms with Gasteiger partial charge in [0.2, 0.25) is 5.91 Å². The number of carbonyl (C=O) groups excluding carboxylic acids is 1. The first-order valence-corrected chi connectivity index (χ1v) is 8.01. The van der Waals surface area contributed by atoms with Crippen molar-refractivity contribution in [2.24, 2.45) is 5.73 Å². The lowest BCUT2D eigenvalue weighted by Gasteiger charge is -2.36. The second-order valence-electron chi connectivity index (χ2n) is 5.62. The maximum atomic E-state index is 12.2. The minimum Gasteiger partial charge on any atom is -0.496 e. The Bertz CT molecular complexity index is 533. The van der Waals surface area contributed by atoms with E-state index < -0.39 is 6.04 Å². The third-order valence-corrected chi connectivity index (χ3v) is 4.22. The summed E-state index contributed by atoms with van der Waals surface area (Å²) in [6.45, 7) is 3.91. The van der Waals surface area contributed by atoms with Gasteiger partial charge >= 0.3 is 0 Å².